The van der Waals surface area contributed by atoms with Crippen molar-refractivity contribution in [3.63, 3.8) is 0 Å². The van der Waals surface area contributed by atoms with Crippen molar-refractivity contribution in [2.45, 2.75) is 51.7 Å². The SMILES string of the molecule is CCCC1=C2[C@@H](CC/C(=C/c3ccccc3O)c3ccccc3)OC[C@@H]2[C@@H]2C(=O)N(Cc3cccs3)C(=O)[C@@H]2C1. The third-order valence-electron chi connectivity index (χ3n) is 8.63. The lowest BCUT2D eigenvalue weighted by Gasteiger charge is -2.32. The van der Waals surface area contributed by atoms with Crippen molar-refractivity contribution in [1.29, 1.82) is 0 Å². The molecule has 5 nitrogen and oxygen atoms in total. The maximum atomic E-state index is 13.7. The summed E-state index contributed by atoms with van der Waals surface area (Å²) in [6.07, 6.45) is 6.14. The number of hydrogen-bond acceptors (Lipinski definition) is 5. The summed E-state index contributed by atoms with van der Waals surface area (Å²) >= 11 is 1.58. The quantitative estimate of drug-likeness (QED) is 0.175. The molecule has 0 spiro atoms. The molecule has 2 aliphatic heterocycles. The molecule has 4 atom stereocenters. The second kappa shape index (κ2) is 11.6. The second-order valence-corrected chi connectivity index (χ2v) is 12.1. The molecule has 2 aromatic carbocycles. The number of allylic oxidation sites excluding steroid dienone is 2. The number of fused-ring (bicyclic) bond motifs is 3. The van der Waals surface area contributed by atoms with Gasteiger partial charge in [-0.3, -0.25) is 14.5 Å². The van der Waals surface area contributed by atoms with Gasteiger partial charge in [0.05, 0.1) is 31.1 Å². The Kier molecular flexibility index (Phi) is 7.72. The van der Waals surface area contributed by atoms with Gasteiger partial charge in [-0.05, 0) is 66.0 Å². The van der Waals surface area contributed by atoms with Crippen LogP contribution in [0.15, 0.2) is 83.3 Å². The molecule has 2 saturated heterocycles. The van der Waals surface area contributed by atoms with Gasteiger partial charge in [0.15, 0.2) is 0 Å². The minimum atomic E-state index is -0.321. The van der Waals surface area contributed by atoms with Crippen LogP contribution in [0.1, 0.15) is 55.0 Å². The van der Waals surface area contributed by atoms with Crippen molar-refractivity contribution in [2.75, 3.05) is 6.61 Å². The maximum Gasteiger partial charge on any atom is 0.234 e. The van der Waals surface area contributed by atoms with Crippen LogP contribution in [0, 0.1) is 17.8 Å². The highest BCUT2D eigenvalue weighted by Crippen LogP contribution is 2.51. The fourth-order valence-electron chi connectivity index (χ4n) is 6.83. The molecule has 1 N–H and O–H groups in total. The Hall–Kier alpha value is -3.48. The van der Waals surface area contributed by atoms with Crippen LogP contribution in [0.4, 0.5) is 0 Å². The van der Waals surface area contributed by atoms with Crippen molar-refractivity contribution < 1.29 is 19.4 Å². The number of phenols is 1. The van der Waals surface area contributed by atoms with E-state index in [0.717, 1.165) is 47.3 Å². The van der Waals surface area contributed by atoms with Crippen molar-refractivity contribution in [1.82, 2.24) is 4.90 Å². The highest BCUT2D eigenvalue weighted by atomic mass is 32.1. The zero-order valence-corrected chi connectivity index (χ0v) is 23.6. The van der Waals surface area contributed by atoms with Crippen LogP contribution < -0.4 is 0 Å². The number of thiophene rings is 1. The minimum absolute atomic E-state index is 0.0172. The van der Waals surface area contributed by atoms with Crippen LogP contribution in [-0.2, 0) is 20.9 Å². The molecule has 0 saturated carbocycles. The predicted molar refractivity (Wildman–Crippen MR) is 158 cm³/mol. The largest absolute Gasteiger partial charge is 0.507 e. The second-order valence-electron chi connectivity index (χ2n) is 11.0. The van der Waals surface area contributed by atoms with Crippen molar-refractivity contribution in [3.05, 3.63) is 99.3 Å². The van der Waals surface area contributed by atoms with E-state index in [1.165, 1.54) is 16.0 Å². The first-order valence-electron chi connectivity index (χ1n) is 14.3. The Morgan fingerprint density at radius 2 is 1.82 bits per heavy atom. The molecular formula is C34H35NO4S. The average molecular weight is 554 g/mol. The van der Waals surface area contributed by atoms with E-state index in [-0.39, 0.29) is 41.4 Å². The fraction of sp³-hybridized carbons (Fsp3) is 0.353. The molecule has 0 bridgehead atoms. The smallest absolute Gasteiger partial charge is 0.234 e. The fourth-order valence-corrected chi connectivity index (χ4v) is 7.52. The van der Waals surface area contributed by atoms with Gasteiger partial charge in [0.25, 0.3) is 0 Å². The molecule has 3 aromatic rings. The summed E-state index contributed by atoms with van der Waals surface area (Å²) in [7, 11) is 0. The van der Waals surface area contributed by atoms with Gasteiger partial charge in [-0.15, -0.1) is 11.3 Å². The summed E-state index contributed by atoms with van der Waals surface area (Å²) in [5.41, 5.74) is 5.64. The van der Waals surface area contributed by atoms with Gasteiger partial charge in [0, 0.05) is 16.4 Å². The van der Waals surface area contributed by atoms with Crippen LogP contribution in [-0.4, -0.2) is 34.5 Å². The number of rotatable bonds is 9. The summed E-state index contributed by atoms with van der Waals surface area (Å²) in [5.74, 6) is -0.413. The first-order chi connectivity index (χ1) is 19.5. The van der Waals surface area contributed by atoms with Crippen molar-refractivity contribution in [2.24, 2.45) is 17.8 Å². The Morgan fingerprint density at radius 1 is 1.02 bits per heavy atom. The molecule has 0 radical (unpaired) electrons. The molecule has 1 aliphatic carbocycles. The molecule has 3 heterocycles. The van der Waals surface area contributed by atoms with Crippen LogP contribution in [0.3, 0.4) is 0 Å². The summed E-state index contributed by atoms with van der Waals surface area (Å²) in [5, 5.41) is 12.4. The molecule has 40 heavy (non-hydrogen) atoms. The van der Waals surface area contributed by atoms with E-state index >= 15 is 0 Å². The van der Waals surface area contributed by atoms with Crippen molar-refractivity contribution >= 4 is 34.8 Å². The van der Waals surface area contributed by atoms with E-state index in [0.29, 0.717) is 19.6 Å². The molecule has 2 fully saturated rings. The lowest BCUT2D eigenvalue weighted by molar-refractivity contribution is -0.140. The highest BCUT2D eigenvalue weighted by molar-refractivity contribution is 7.09. The topological polar surface area (TPSA) is 66.8 Å². The summed E-state index contributed by atoms with van der Waals surface area (Å²) in [6, 6.07) is 21.6. The lowest BCUT2D eigenvalue weighted by Crippen LogP contribution is -2.34. The number of amides is 2. The Labute approximate surface area is 239 Å². The van der Waals surface area contributed by atoms with Crippen LogP contribution in [0.5, 0.6) is 5.75 Å². The molecular weight excluding hydrogens is 518 g/mol. The first kappa shape index (κ1) is 26.7. The average Bonchev–Trinajstić information content (AvgIpc) is 3.69. The number of nitrogens with zero attached hydrogens (tertiary/aromatic N) is 1. The van der Waals surface area contributed by atoms with E-state index in [1.54, 1.807) is 17.4 Å². The summed E-state index contributed by atoms with van der Waals surface area (Å²) in [6.45, 7) is 3.03. The van der Waals surface area contributed by atoms with E-state index in [1.807, 2.05) is 53.9 Å². The number of benzene rings is 2. The van der Waals surface area contributed by atoms with Crippen molar-refractivity contribution in [3.8, 4) is 5.75 Å². The van der Waals surface area contributed by atoms with E-state index in [4.69, 9.17) is 4.74 Å². The zero-order valence-electron chi connectivity index (χ0n) is 22.8. The van der Waals surface area contributed by atoms with E-state index < -0.39 is 0 Å². The number of aromatic hydroxyl groups is 1. The van der Waals surface area contributed by atoms with Gasteiger partial charge < -0.3 is 9.84 Å². The number of likely N-dealkylation sites (tertiary alicyclic amines) is 1. The number of ether oxygens (including phenoxy) is 1. The third kappa shape index (κ3) is 5.06. The van der Waals surface area contributed by atoms with Gasteiger partial charge in [-0.1, -0.05) is 73.5 Å². The molecule has 3 aliphatic rings. The normalized spacial score (nSPS) is 24.5. The van der Waals surface area contributed by atoms with Crippen LogP contribution in [0.25, 0.3) is 11.6 Å². The standard InChI is InChI=1S/C34H35NO4S/c1-2-9-25-19-27-32(34(38)35(33(27)37)20-26-13-8-17-40-26)28-21-39-30(31(25)28)16-15-23(22-10-4-3-5-11-22)18-24-12-6-7-14-29(24)36/h3-8,10-14,17-18,27-28,30,32,36H,2,9,15-16,19-21H2,1H3/b23-18-/t27-,28+,30-,32-/m1/s1. The van der Waals surface area contributed by atoms with Gasteiger partial charge >= 0.3 is 0 Å². The summed E-state index contributed by atoms with van der Waals surface area (Å²) < 4.78 is 6.46. The van der Waals surface area contributed by atoms with Crippen LogP contribution in [0.2, 0.25) is 0 Å². The van der Waals surface area contributed by atoms with Gasteiger partial charge in [0.1, 0.15) is 5.75 Å². The van der Waals surface area contributed by atoms with Gasteiger partial charge in [-0.25, -0.2) is 0 Å². The Morgan fingerprint density at radius 3 is 2.58 bits per heavy atom. The number of phenolic OH excluding ortho intramolecular Hbond substituents is 1. The molecule has 206 valence electrons. The molecule has 6 rings (SSSR count). The number of para-hydroxylation sites is 1. The third-order valence-corrected chi connectivity index (χ3v) is 9.49. The molecule has 6 heteroatoms. The Bertz CT molecular complexity index is 1440. The lowest BCUT2D eigenvalue weighted by atomic mass is 9.68. The number of carbonyl (C=O) groups is 2. The monoisotopic (exact) mass is 553 g/mol. The highest BCUT2D eigenvalue weighted by Gasteiger charge is 2.56. The molecule has 2 amide bonds. The zero-order chi connectivity index (χ0) is 27.6. The predicted octanol–water partition coefficient (Wildman–Crippen LogP) is 7.09. The van der Waals surface area contributed by atoms with E-state index in [2.05, 4.69) is 25.1 Å². The first-order valence-corrected chi connectivity index (χ1v) is 15.2. The van der Waals surface area contributed by atoms with Gasteiger partial charge in [0.2, 0.25) is 11.8 Å². The number of imide groups is 1. The maximum absolute atomic E-state index is 13.7. The number of hydrogen-bond donors (Lipinski definition) is 1. The summed E-state index contributed by atoms with van der Waals surface area (Å²) in [4.78, 5) is 29.7. The Balaban J connectivity index is 1.26. The van der Waals surface area contributed by atoms with Gasteiger partial charge in [-0.2, -0.15) is 0 Å². The minimum Gasteiger partial charge on any atom is -0.507 e. The molecule has 1 aromatic heterocycles. The van der Waals surface area contributed by atoms with E-state index in [9.17, 15) is 14.7 Å². The number of carbonyl (C=O) groups excluding carboxylic acids is 2. The molecule has 0 unspecified atom stereocenters. The van der Waals surface area contributed by atoms with Crippen LogP contribution >= 0.6 is 11.3 Å².